The van der Waals surface area contributed by atoms with Crippen molar-refractivity contribution in [2.45, 2.75) is 43.9 Å². The Hall–Kier alpha value is 0.0900. The molecule has 20 heavy (non-hydrogen) atoms. The van der Waals surface area contributed by atoms with Crippen molar-refractivity contribution in [2.75, 3.05) is 12.8 Å². The van der Waals surface area contributed by atoms with Crippen LogP contribution in [0.4, 0.5) is 0 Å². The molecule has 0 aliphatic heterocycles. The standard InChI is InChI=1S/C14H22BrNO2S2/c1-3-16-14(12-7-8-13(15)19-12)10-5-4-6-11(9-10)20(2,17)18/h7-8,10-11,14,16H,3-6,9H2,1-2H3. The Morgan fingerprint density at radius 3 is 2.75 bits per heavy atom. The molecule has 1 heterocycles. The average Bonchev–Trinajstić information content (AvgIpc) is 2.81. The summed E-state index contributed by atoms with van der Waals surface area (Å²) < 4.78 is 24.8. The van der Waals surface area contributed by atoms with Crippen molar-refractivity contribution in [3.8, 4) is 0 Å². The summed E-state index contributed by atoms with van der Waals surface area (Å²) in [6.07, 6.45) is 5.11. The van der Waals surface area contributed by atoms with Gasteiger partial charge in [0.15, 0.2) is 0 Å². The maximum absolute atomic E-state index is 11.8. The third kappa shape index (κ3) is 4.06. The molecular formula is C14H22BrNO2S2. The second-order valence-corrected chi connectivity index (χ2v) is 10.4. The fraction of sp³-hybridized carbons (Fsp3) is 0.714. The van der Waals surface area contributed by atoms with Gasteiger partial charge in [-0.25, -0.2) is 8.42 Å². The van der Waals surface area contributed by atoms with Crippen LogP contribution < -0.4 is 5.32 Å². The molecule has 0 aromatic carbocycles. The van der Waals surface area contributed by atoms with Crippen LogP contribution in [0.3, 0.4) is 0 Å². The van der Waals surface area contributed by atoms with Crippen molar-refractivity contribution in [3.63, 3.8) is 0 Å². The smallest absolute Gasteiger partial charge is 0.150 e. The molecule has 1 aliphatic rings. The Morgan fingerprint density at radius 2 is 2.20 bits per heavy atom. The van der Waals surface area contributed by atoms with Gasteiger partial charge in [0.1, 0.15) is 9.84 Å². The van der Waals surface area contributed by atoms with Crippen LogP contribution in [0.5, 0.6) is 0 Å². The van der Waals surface area contributed by atoms with Gasteiger partial charge in [0, 0.05) is 17.2 Å². The first kappa shape index (κ1) is 16.5. The number of hydrogen-bond acceptors (Lipinski definition) is 4. The Morgan fingerprint density at radius 1 is 1.45 bits per heavy atom. The van der Waals surface area contributed by atoms with Crippen molar-refractivity contribution >= 4 is 37.1 Å². The van der Waals surface area contributed by atoms with Crippen molar-refractivity contribution in [3.05, 3.63) is 20.8 Å². The Balaban J connectivity index is 2.17. The molecule has 0 bridgehead atoms. The topological polar surface area (TPSA) is 46.2 Å². The van der Waals surface area contributed by atoms with Crippen molar-refractivity contribution in [1.29, 1.82) is 0 Å². The fourth-order valence-corrected chi connectivity index (χ4v) is 5.87. The van der Waals surface area contributed by atoms with E-state index >= 15 is 0 Å². The highest BCUT2D eigenvalue weighted by Crippen LogP contribution is 2.39. The zero-order chi connectivity index (χ0) is 14.8. The van der Waals surface area contributed by atoms with Crippen LogP contribution in [0.1, 0.15) is 43.5 Å². The number of hydrogen-bond donors (Lipinski definition) is 1. The van der Waals surface area contributed by atoms with Gasteiger partial charge in [-0.15, -0.1) is 11.3 Å². The van der Waals surface area contributed by atoms with Gasteiger partial charge >= 0.3 is 0 Å². The molecule has 6 heteroatoms. The first-order valence-electron chi connectivity index (χ1n) is 7.09. The molecule has 1 fully saturated rings. The Kier molecular flexibility index (Phi) is 5.68. The summed E-state index contributed by atoms with van der Waals surface area (Å²) in [6, 6.07) is 4.49. The molecule has 0 amide bonds. The SMILES string of the molecule is CCNC(c1ccc(Br)s1)C1CCCC(S(C)(=O)=O)C1. The summed E-state index contributed by atoms with van der Waals surface area (Å²) in [5.74, 6) is 0.411. The molecule has 3 nitrogen and oxygen atoms in total. The first-order chi connectivity index (χ1) is 9.41. The zero-order valence-electron chi connectivity index (χ0n) is 11.9. The van der Waals surface area contributed by atoms with Gasteiger partial charge in [-0.3, -0.25) is 0 Å². The van der Waals surface area contributed by atoms with Crippen LogP contribution in [0.2, 0.25) is 0 Å². The molecule has 114 valence electrons. The summed E-state index contributed by atoms with van der Waals surface area (Å²) in [6.45, 7) is 3.01. The third-order valence-corrected chi connectivity index (χ3v) is 7.41. The number of nitrogens with one attached hydrogen (secondary N) is 1. The summed E-state index contributed by atoms with van der Waals surface area (Å²) in [5, 5.41) is 3.39. The lowest BCUT2D eigenvalue weighted by atomic mass is 9.83. The van der Waals surface area contributed by atoms with E-state index in [2.05, 4.69) is 40.3 Å². The largest absolute Gasteiger partial charge is 0.309 e. The van der Waals surface area contributed by atoms with E-state index in [-0.39, 0.29) is 11.3 Å². The van der Waals surface area contributed by atoms with Gasteiger partial charge in [-0.2, -0.15) is 0 Å². The molecule has 3 unspecified atom stereocenters. The minimum absolute atomic E-state index is 0.161. The Labute approximate surface area is 134 Å². The summed E-state index contributed by atoms with van der Waals surface area (Å²) in [5.41, 5.74) is 0. The number of sulfone groups is 1. The molecule has 0 saturated heterocycles. The summed E-state index contributed by atoms with van der Waals surface area (Å²) >= 11 is 5.26. The van der Waals surface area contributed by atoms with E-state index in [9.17, 15) is 8.42 Å². The first-order valence-corrected chi connectivity index (χ1v) is 10.7. The van der Waals surface area contributed by atoms with Gasteiger partial charge in [0.2, 0.25) is 0 Å². The highest BCUT2D eigenvalue weighted by atomic mass is 79.9. The molecule has 1 N–H and O–H groups in total. The van der Waals surface area contributed by atoms with E-state index in [1.54, 1.807) is 11.3 Å². The number of halogens is 1. The predicted molar refractivity (Wildman–Crippen MR) is 89.0 cm³/mol. The van der Waals surface area contributed by atoms with E-state index in [1.165, 1.54) is 11.1 Å². The molecule has 1 aliphatic carbocycles. The second kappa shape index (κ2) is 6.90. The molecule has 1 aromatic rings. The lowest BCUT2D eigenvalue weighted by molar-refractivity contribution is 0.278. The van der Waals surface area contributed by atoms with Crippen LogP contribution in [0, 0.1) is 5.92 Å². The lowest BCUT2D eigenvalue weighted by Gasteiger charge is -2.34. The number of rotatable bonds is 5. The monoisotopic (exact) mass is 379 g/mol. The average molecular weight is 380 g/mol. The van der Waals surface area contributed by atoms with E-state index in [1.807, 2.05) is 0 Å². The van der Waals surface area contributed by atoms with Gasteiger partial charge < -0.3 is 5.32 Å². The van der Waals surface area contributed by atoms with Crippen LogP contribution in [-0.2, 0) is 9.84 Å². The molecule has 0 radical (unpaired) electrons. The Bertz CT molecular complexity index is 541. The zero-order valence-corrected chi connectivity index (χ0v) is 15.2. The van der Waals surface area contributed by atoms with Gasteiger partial charge in [0.05, 0.1) is 9.04 Å². The number of thiophene rings is 1. The fourth-order valence-electron chi connectivity index (χ4n) is 3.09. The van der Waals surface area contributed by atoms with Gasteiger partial charge in [-0.1, -0.05) is 13.3 Å². The highest BCUT2D eigenvalue weighted by Gasteiger charge is 2.33. The molecule has 0 spiro atoms. The van der Waals surface area contributed by atoms with Crippen LogP contribution in [-0.4, -0.2) is 26.5 Å². The van der Waals surface area contributed by atoms with E-state index in [0.29, 0.717) is 5.92 Å². The normalized spacial score (nSPS) is 25.6. The predicted octanol–water partition coefficient (Wildman–Crippen LogP) is 3.76. The molecular weight excluding hydrogens is 358 g/mol. The van der Waals surface area contributed by atoms with Crippen molar-refractivity contribution in [2.24, 2.45) is 5.92 Å². The minimum Gasteiger partial charge on any atom is -0.309 e. The van der Waals surface area contributed by atoms with Crippen molar-refractivity contribution < 1.29 is 8.42 Å². The van der Waals surface area contributed by atoms with Crippen LogP contribution in [0.25, 0.3) is 0 Å². The van der Waals surface area contributed by atoms with Crippen LogP contribution >= 0.6 is 27.3 Å². The molecule has 1 saturated carbocycles. The van der Waals surface area contributed by atoms with Gasteiger partial charge in [-0.05, 0) is 59.8 Å². The van der Waals surface area contributed by atoms with E-state index < -0.39 is 9.84 Å². The molecule has 1 aromatic heterocycles. The molecule has 2 rings (SSSR count). The van der Waals surface area contributed by atoms with E-state index in [0.717, 1.165) is 36.0 Å². The van der Waals surface area contributed by atoms with Crippen LogP contribution in [0.15, 0.2) is 15.9 Å². The minimum atomic E-state index is -2.92. The second-order valence-electron chi connectivity index (χ2n) is 5.56. The lowest BCUT2D eigenvalue weighted by Crippen LogP contribution is -2.35. The van der Waals surface area contributed by atoms with Gasteiger partial charge in [0.25, 0.3) is 0 Å². The third-order valence-electron chi connectivity index (χ3n) is 4.07. The van der Waals surface area contributed by atoms with Crippen molar-refractivity contribution in [1.82, 2.24) is 5.32 Å². The summed E-state index contributed by atoms with van der Waals surface area (Å²) in [7, 11) is -2.92. The quantitative estimate of drug-likeness (QED) is 0.846. The van der Waals surface area contributed by atoms with E-state index in [4.69, 9.17) is 0 Å². The maximum Gasteiger partial charge on any atom is 0.150 e. The highest BCUT2D eigenvalue weighted by molar-refractivity contribution is 9.11. The maximum atomic E-state index is 11.8. The summed E-state index contributed by atoms with van der Waals surface area (Å²) in [4.78, 5) is 1.30. The molecule has 3 atom stereocenters.